The van der Waals surface area contributed by atoms with E-state index in [0.29, 0.717) is 0 Å². The van der Waals surface area contributed by atoms with Gasteiger partial charge >= 0.3 is 12.1 Å². The minimum Gasteiger partial charge on any atom is -0.470 e. The van der Waals surface area contributed by atoms with Gasteiger partial charge in [-0.15, -0.1) is 0 Å². The average Bonchev–Trinajstić information content (AvgIpc) is 3.58. The van der Waals surface area contributed by atoms with Gasteiger partial charge in [-0.3, -0.25) is 4.79 Å². The van der Waals surface area contributed by atoms with E-state index < -0.39 is 39.4 Å². The van der Waals surface area contributed by atoms with Crippen LogP contribution in [0.1, 0.15) is 19.8 Å². The van der Waals surface area contributed by atoms with Crippen LogP contribution in [0.25, 0.3) is 16.9 Å². The van der Waals surface area contributed by atoms with Crippen LogP contribution in [0.4, 0.5) is 27.8 Å². The van der Waals surface area contributed by atoms with Crippen LogP contribution < -0.4 is 10.1 Å². The van der Waals surface area contributed by atoms with E-state index in [2.05, 4.69) is 30.1 Å². The van der Waals surface area contributed by atoms with Crippen molar-refractivity contribution < 1.29 is 39.9 Å². The Morgan fingerprint density at radius 1 is 1.20 bits per heavy atom. The number of fused-ring (bicyclic) bond motifs is 1. The molecule has 3 aromatic rings. The van der Waals surface area contributed by atoms with Crippen molar-refractivity contribution in [2.45, 2.75) is 36.9 Å². The molecule has 0 aliphatic heterocycles. The number of nitrogens with zero attached hydrogens (tertiary/aromatic N) is 5. The van der Waals surface area contributed by atoms with Gasteiger partial charge in [-0.05, 0) is 18.9 Å². The number of carbonyl (C=O) groups excluding carboxylic acids is 1. The molecule has 0 saturated heterocycles. The summed E-state index contributed by atoms with van der Waals surface area (Å²) in [5.41, 5.74) is -0.202. The molecule has 10 nitrogen and oxygen atoms in total. The monoisotopic (exact) mass is 520 g/mol. The topological polar surface area (TPSA) is 128 Å². The van der Waals surface area contributed by atoms with Crippen molar-refractivity contribution >= 4 is 27.2 Å². The molecule has 16 heteroatoms. The van der Waals surface area contributed by atoms with Gasteiger partial charge in [-0.2, -0.15) is 27.1 Å². The third-order valence-electron chi connectivity index (χ3n) is 5.03. The molecule has 1 aliphatic rings. The van der Waals surface area contributed by atoms with Crippen LogP contribution in [-0.2, 0) is 14.6 Å². The van der Waals surface area contributed by atoms with Gasteiger partial charge in [0.2, 0.25) is 11.8 Å². The number of sulfone groups is 1. The van der Waals surface area contributed by atoms with Crippen LogP contribution in [0.5, 0.6) is 5.88 Å². The highest BCUT2D eigenvalue weighted by Gasteiger charge is 2.58. The summed E-state index contributed by atoms with van der Waals surface area (Å²) in [7, 11) is -3.92. The molecule has 188 valence electrons. The van der Waals surface area contributed by atoms with Gasteiger partial charge in [-0.25, -0.2) is 27.9 Å². The molecule has 0 radical (unpaired) electrons. The van der Waals surface area contributed by atoms with E-state index in [9.17, 15) is 35.2 Å². The predicted octanol–water partition coefficient (Wildman–Crippen LogP) is 2.90. The second-order valence-electron chi connectivity index (χ2n) is 7.66. The normalized spacial score (nSPS) is 14.8. The Hall–Kier alpha value is -3.43. The van der Waals surface area contributed by atoms with Gasteiger partial charge in [0.25, 0.3) is 0 Å². The van der Waals surface area contributed by atoms with Gasteiger partial charge in [0, 0.05) is 12.1 Å². The summed E-state index contributed by atoms with van der Waals surface area (Å²) in [6.07, 6.45) is -1.21. The van der Waals surface area contributed by atoms with Crippen molar-refractivity contribution in [3.05, 3.63) is 24.7 Å². The molecule has 1 aliphatic carbocycles. The molecule has 1 N–H and O–H groups in total. The lowest BCUT2D eigenvalue weighted by molar-refractivity contribution is -0.290. The summed E-state index contributed by atoms with van der Waals surface area (Å²) in [5.74, 6) is -6.28. The van der Waals surface area contributed by atoms with Crippen LogP contribution in [0, 0.1) is 5.92 Å². The highest BCUT2D eigenvalue weighted by molar-refractivity contribution is 7.91. The van der Waals surface area contributed by atoms with E-state index in [1.54, 1.807) is 0 Å². The number of amides is 1. The van der Waals surface area contributed by atoms with Crippen molar-refractivity contribution in [1.29, 1.82) is 0 Å². The van der Waals surface area contributed by atoms with E-state index in [1.807, 2.05) is 0 Å². The highest BCUT2D eigenvalue weighted by Crippen LogP contribution is 2.36. The first kappa shape index (κ1) is 24.7. The molecule has 4 rings (SSSR count). The number of aromatic nitrogens is 5. The van der Waals surface area contributed by atoms with Crippen LogP contribution in [0.3, 0.4) is 0 Å². The molecule has 1 amide bonds. The van der Waals surface area contributed by atoms with Crippen molar-refractivity contribution in [3.63, 3.8) is 0 Å². The number of nitrogens with one attached hydrogen (secondary N) is 1. The van der Waals surface area contributed by atoms with Crippen molar-refractivity contribution in [2.75, 3.05) is 17.7 Å². The van der Waals surface area contributed by atoms with Gasteiger partial charge in [0.1, 0.15) is 5.82 Å². The standard InChI is InChI=1S/C19H17F5N6O4S/c1-2-35(32,33)17-14(11-7-26-13(8-25-11)34-9-18(20,21)19(22,23)24)15-27-12(5-6-30(15)29-17)28-16(31)10-3-4-10/h5-8,10H,2-4,9H2,1H3,(H,27,28,31). The molecule has 0 aromatic carbocycles. The molecule has 1 fully saturated rings. The van der Waals surface area contributed by atoms with Gasteiger partial charge in [-0.1, -0.05) is 6.92 Å². The molecular weight excluding hydrogens is 503 g/mol. The SMILES string of the molecule is CCS(=O)(=O)c1nn2ccc(NC(=O)C3CC3)nc2c1-c1cnc(OCC(F)(F)C(F)(F)F)cn1. The number of alkyl halides is 5. The molecular formula is C19H17F5N6O4S. The van der Waals surface area contributed by atoms with Crippen molar-refractivity contribution in [1.82, 2.24) is 24.6 Å². The maximum Gasteiger partial charge on any atom is 0.456 e. The number of rotatable bonds is 8. The Morgan fingerprint density at radius 2 is 1.91 bits per heavy atom. The smallest absolute Gasteiger partial charge is 0.456 e. The van der Waals surface area contributed by atoms with E-state index in [0.717, 1.165) is 29.8 Å². The van der Waals surface area contributed by atoms with Crippen molar-refractivity contribution in [2.24, 2.45) is 5.92 Å². The molecule has 3 heterocycles. The Balaban J connectivity index is 1.70. The second-order valence-corrected chi connectivity index (χ2v) is 9.85. The first-order chi connectivity index (χ1) is 16.3. The maximum atomic E-state index is 13.1. The Bertz CT molecular complexity index is 1370. The van der Waals surface area contributed by atoms with Crippen LogP contribution in [0.15, 0.2) is 29.7 Å². The molecule has 0 bridgehead atoms. The zero-order valence-electron chi connectivity index (χ0n) is 17.9. The zero-order chi connectivity index (χ0) is 25.6. The lowest BCUT2D eigenvalue weighted by atomic mass is 10.2. The van der Waals surface area contributed by atoms with Gasteiger partial charge in [0.05, 0.1) is 29.4 Å². The number of ether oxygens (including phenoxy) is 1. The van der Waals surface area contributed by atoms with Crippen LogP contribution >= 0.6 is 0 Å². The highest BCUT2D eigenvalue weighted by atomic mass is 32.2. The number of carbonyl (C=O) groups is 1. The Kier molecular flexibility index (Phi) is 6.11. The molecule has 35 heavy (non-hydrogen) atoms. The summed E-state index contributed by atoms with van der Waals surface area (Å²) in [5, 5.41) is 6.28. The fourth-order valence-electron chi connectivity index (χ4n) is 2.90. The van der Waals surface area contributed by atoms with Crippen molar-refractivity contribution in [3.8, 4) is 17.1 Å². The number of hydrogen-bond acceptors (Lipinski definition) is 8. The largest absolute Gasteiger partial charge is 0.470 e. The summed E-state index contributed by atoms with van der Waals surface area (Å²) in [6.45, 7) is -0.621. The van der Waals surface area contributed by atoms with E-state index in [4.69, 9.17) is 0 Å². The fraction of sp³-hybridized carbons (Fsp3) is 0.421. The lowest BCUT2D eigenvalue weighted by Gasteiger charge is -2.19. The Labute approximate surface area is 194 Å². The van der Waals surface area contributed by atoms with E-state index in [-0.39, 0.29) is 40.3 Å². The van der Waals surface area contributed by atoms with Gasteiger partial charge in [0.15, 0.2) is 27.1 Å². The minimum absolute atomic E-state index is 0.00260. The van der Waals surface area contributed by atoms with Crippen LogP contribution in [0.2, 0.25) is 0 Å². The first-order valence-electron chi connectivity index (χ1n) is 10.1. The first-order valence-corrected chi connectivity index (χ1v) is 11.8. The lowest BCUT2D eigenvalue weighted by Crippen LogP contribution is -2.41. The van der Waals surface area contributed by atoms with Gasteiger partial charge < -0.3 is 10.1 Å². The fourth-order valence-corrected chi connectivity index (χ4v) is 3.89. The summed E-state index contributed by atoms with van der Waals surface area (Å²) >= 11 is 0. The number of hydrogen-bond donors (Lipinski definition) is 1. The number of halogens is 5. The quantitative estimate of drug-likeness (QED) is 0.449. The average molecular weight is 520 g/mol. The molecule has 3 aromatic heterocycles. The molecule has 0 atom stereocenters. The zero-order valence-corrected chi connectivity index (χ0v) is 18.7. The predicted molar refractivity (Wildman–Crippen MR) is 110 cm³/mol. The summed E-state index contributed by atoms with van der Waals surface area (Å²) in [4.78, 5) is 23.9. The summed E-state index contributed by atoms with van der Waals surface area (Å²) in [6, 6.07) is 1.43. The third-order valence-corrected chi connectivity index (χ3v) is 6.66. The van der Waals surface area contributed by atoms with E-state index >= 15 is 0 Å². The minimum atomic E-state index is -5.81. The second kappa shape index (κ2) is 8.66. The Morgan fingerprint density at radius 3 is 2.49 bits per heavy atom. The number of anilines is 1. The van der Waals surface area contributed by atoms with E-state index in [1.165, 1.54) is 19.2 Å². The summed E-state index contributed by atoms with van der Waals surface area (Å²) < 4.78 is 94.0. The van der Waals surface area contributed by atoms with Crippen LogP contribution in [-0.4, -0.2) is 63.3 Å². The molecule has 1 saturated carbocycles. The molecule has 0 spiro atoms. The maximum absolute atomic E-state index is 13.1. The molecule has 0 unspecified atom stereocenters. The third kappa shape index (κ3) is 5.01.